The van der Waals surface area contributed by atoms with Crippen molar-refractivity contribution in [3.63, 3.8) is 0 Å². The first-order chi connectivity index (χ1) is 13.9. The van der Waals surface area contributed by atoms with Gasteiger partial charge in [-0.3, -0.25) is 4.79 Å². The normalized spacial score (nSPS) is 12.1. The number of hydrogen-bond acceptors (Lipinski definition) is 5. The number of carbonyl (C=O) groups excluding carboxylic acids is 2. The van der Waals surface area contributed by atoms with E-state index in [-0.39, 0.29) is 6.61 Å². The maximum atomic E-state index is 12.1. The number of amides is 1. The number of ether oxygens (including phenoxy) is 2. The van der Waals surface area contributed by atoms with Crippen LogP contribution in [0, 0.1) is 0 Å². The number of halogens is 1. The zero-order valence-electron chi connectivity index (χ0n) is 16.0. The van der Waals surface area contributed by atoms with E-state index in [1.807, 2.05) is 12.1 Å². The molecule has 1 atom stereocenters. The lowest BCUT2D eigenvalue weighted by Gasteiger charge is -2.11. The number of aromatic nitrogens is 2. The number of imidazole rings is 1. The third-order valence-corrected chi connectivity index (χ3v) is 4.31. The van der Waals surface area contributed by atoms with E-state index in [4.69, 9.17) is 21.1 Å². The number of nitrogens with one attached hydrogen (secondary N) is 1. The van der Waals surface area contributed by atoms with Crippen molar-refractivity contribution in [2.75, 3.05) is 7.11 Å². The van der Waals surface area contributed by atoms with E-state index in [0.717, 1.165) is 11.3 Å². The number of carbonyl (C=O) groups is 2. The molecule has 29 heavy (non-hydrogen) atoms. The fourth-order valence-corrected chi connectivity index (χ4v) is 2.73. The van der Waals surface area contributed by atoms with Crippen molar-refractivity contribution < 1.29 is 19.1 Å². The van der Waals surface area contributed by atoms with Gasteiger partial charge in [-0.15, -0.1) is 0 Å². The van der Waals surface area contributed by atoms with Gasteiger partial charge in [-0.1, -0.05) is 23.7 Å². The summed E-state index contributed by atoms with van der Waals surface area (Å²) in [7, 11) is 1.59. The Morgan fingerprint density at radius 2 is 1.97 bits per heavy atom. The second-order valence-corrected chi connectivity index (χ2v) is 6.73. The smallest absolute Gasteiger partial charge is 0.328 e. The average Bonchev–Trinajstić information content (AvgIpc) is 3.12. The molecule has 0 saturated heterocycles. The highest BCUT2D eigenvalue weighted by atomic mass is 35.5. The molecular formula is C21H20ClN3O4. The Hall–Kier alpha value is -3.32. The first-order valence-corrected chi connectivity index (χ1v) is 9.25. The van der Waals surface area contributed by atoms with Crippen LogP contribution in [0.15, 0.2) is 54.9 Å². The third kappa shape index (κ3) is 5.58. The minimum absolute atomic E-state index is 0.0000302. The van der Waals surface area contributed by atoms with Crippen molar-refractivity contribution in [1.82, 2.24) is 14.7 Å². The molecule has 1 N–H and O–H groups in total. The number of fused-ring (bicyclic) bond motifs is 1. The Balaban J connectivity index is 1.49. The van der Waals surface area contributed by atoms with Crippen LogP contribution in [-0.4, -0.2) is 34.4 Å². The van der Waals surface area contributed by atoms with Gasteiger partial charge < -0.3 is 19.2 Å². The molecule has 0 spiro atoms. The Labute approximate surface area is 172 Å². The molecule has 0 bridgehead atoms. The van der Waals surface area contributed by atoms with Crippen molar-refractivity contribution in [1.29, 1.82) is 0 Å². The summed E-state index contributed by atoms with van der Waals surface area (Å²) in [4.78, 5) is 28.5. The molecule has 0 aliphatic rings. The molecule has 1 amide bonds. The third-order valence-electron chi connectivity index (χ3n) is 4.08. The first-order valence-electron chi connectivity index (χ1n) is 8.87. The maximum Gasteiger partial charge on any atom is 0.328 e. The molecule has 3 rings (SSSR count). The molecular weight excluding hydrogens is 394 g/mol. The molecule has 1 aromatic carbocycles. The largest absolute Gasteiger partial charge is 0.497 e. The van der Waals surface area contributed by atoms with Gasteiger partial charge in [0, 0.05) is 18.5 Å². The number of pyridine rings is 1. The van der Waals surface area contributed by atoms with Gasteiger partial charge in [0.25, 0.3) is 0 Å². The molecule has 2 heterocycles. The minimum Gasteiger partial charge on any atom is -0.497 e. The van der Waals surface area contributed by atoms with Gasteiger partial charge in [-0.05, 0) is 42.8 Å². The van der Waals surface area contributed by atoms with Crippen LogP contribution in [0.1, 0.15) is 18.2 Å². The molecule has 7 nitrogen and oxygen atoms in total. The summed E-state index contributed by atoms with van der Waals surface area (Å²) in [6.45, 7) is 1.56. The first kappa shape index (κ1) is 20.4. The van der Waals surface area contributed by atoms with E-state index in [2.05, 4.69) is 10.3 Å². The highest BCUT2D eigenvalue weighted by Gasteiger charge is 2.16. The Bertz CT molecular complexity index is 1040. The number of nitrogens with zero attached hydrogens (tertiary/aromatic N) is 2. The fraction of sp³-hybridized carbons (Fsp3) is 0.190. The van der Waals surface area contributed by atoms with Crippen LogP contribution < -0.4 is 10.1 Å². The number of esters is 1. The zero-order valence-corrected chi connectivity index (χ0v) is 16.7. The van der Waals surface area contributed by atoms with Gasteiger partial charge in [0.1, 0.15) is 24.0 Å². The molecule has 0 radical (unpaired) electrons. The quantitative estimate of drug-likeness (QED) is 0.475. The Kier molecular flexibility index (Phi) is 6.51. The fourth-order valence-electron chi connectivity index (χ4n) is 2.56. The summed E-state index contributed by atoms with van der Waals surface area (Å²) in [5.74, 6) is -0.212. The molecule has 1 unspecified atom stereocenters. The van der Waals surface area contributed by atoms with Crippen LogP contribution in [0.2, 0.25) is 5.02 Å². The number of methoxy groups -OCH3 is 1. The molecule has 0 aliphatic carbocycles. The van der Waals surface area contributed by atoms with Crippen LogP contribution >= 0.6 is 11.6 Å². The molecule has 0 fully saturated rings. The molecule has 150 valence electrons. The van der Waals surface area contributed by atoms with Gasteiger partial charge >= 0.3 is 5.97 Å². The van der Waals surface area contributed by atoms with Crippen molar-refractivity contribution in [3.05, 3.63) is 71.1 Å². The van der Waals surface area contributed by atoms with E-state index < -0.39 is 17.9 Å². The second kappa shape index (κ2) is 9.25. The summed E-state index contributed by atoms with van der Waals surface area (Å²) in [5.41, 5.74) is 2.12. The van der Waals surface area contributed by atoms with E-state index in [0.29, 0.717) is 16.4 Å². The summed E-state index contributed by atoms with van der Waals surface area (Å²) in [6, 6.07) is 9.94. The summed E-state index contributed by atoms with van der Waals surface area (Å²) in [5, 5.41) is 3.16. The SMILES string of the molecule is COc1ccc(/C=C/C(=O)NC(C)C(=O)OCc2cn3cc(Cl)ccc3n2)cc1. The van der Waals surface area contributed by atoms with Crippen molar-refractivity contribution >= 4 is 35.2 Å². The second-order valence-electron chi connectivity index (χ2n) is 6.29. The summed E-state index contributed by atoms with van der Waals surface area (Å²) in [6.07, 6.45) is 6.45. The molecule has 2 aromatic heterocycles. The minimum atomic E-state index is -0.797. The summed E-state index contributed by atoms with van der Waals surface area (Å²) < 4.78 is 12.1. The predicted molar refractivity (Wildman–Crippen MR) is 110 cm³/mol. The highest BCUT2D eigenvalue weighted by molar-refractivity contribution is 6.30. The van der Waals surface area contributed by atoms with Crippen molar-refractivity contribution in [2.24, 2.45) is 0 Å². The van der Waals surface area contributed by atoms with E-state index in [1.54, 1.807) is 61.2 Å². The lowest BCUT2D eigenvalue weighted by molar-refractivity contribution is -0.148. The van der Waals surface area contributed by atoms with E-state index in [9.17, 15) is 9.59 Å². The van der Waals surface area contributed by atoms with Crippen LogP contribution in [0.5, 0.6) is 5.75 Å². The Morgan fingerprint density at radius 1 is 1.21 bits per heavy atom. The number of rotatable bonds is 7. The van der Waals surface area contributed by atoms with Crippen LogP contribution in [0.3, 0.4) is 0 Å². The van der Waals surface area contributed by atoms with Gasteiger partial charge in [0.05, 0.1) is 17.8 Å². The van der Waals surface area contributed by atoms with Gasteiger partial charge in [-0.2, -0.15) is 0 Å². The molecule has 3 aromatic rings. The van der Waals surface area contributed by atoms with Crippen molar-refractivity contribution in [3.8, 4) is 5.75 Å². The average molecular weight is 414 g/mol. The van der Waals surface area contributed by atoms with E-state index >= 15 is 0 Å². The standard InChI is InChI=1S/C21H20ClN3O4/c1-14(23-20(26)10-5-15-3-7-18(28-2)8-4-15)21(27)29-13-17-12-25-11-16(22)6-9-19(25)24-17/h3-12,14H,13H2,1-2H3,(H,23,26)/b10-5+. The zero-order chi connectivity index (χ0) is 20.8. The lowest BCUT2D eigenvalue weighted by Crippen LogP contribution is -2.38. The van der Waals surface area contributed by atoms with Gasteiger partial charge in [-0.25, -0.2) is 9.78 Å². The lowest BCUT2D eigenvalue weighted by atomic mass is 10.2. The van der Waals surface area contributed by atoms with E-state index in [1.165, 1.54) is 6.08 Å². The molecule has 8 heteroatoms. The Morgan fingerprint density at radius 3 is 2.69 bits per heavy atom. The van der Waals surface area contributed by atoms with Crippen LogP contribution in [0.4, 0.5) is 0 Å². The summed E-state index contributed by atoms with van der Waals surface area (Å²) >= 11 is 5.94. The van der Waals surface area contributed by atoms with Crippen LogP contribution in [0.25, 0.3) is 11.7 Å². The number of benzene rings is 1. The van der Waals surface area contributed by atoms with Crippen LogP contribution in [-0.2, 0) is 20.9 Å². The monoisotopic (exact) mass is 413 g/mol. The van der Waals surface area contributed by atoms with Crippen molar-refractivity contribution in [2.45, 2.75) is 19.6 Å². The van der Waals surface area contributed by atoms with Gasteiger partial charge in [0.2, 0.25) is 5.91 Å². The maximum absolute atomic E-state index is 12.1. The highest BCUT2D eigenvalue weighted by Crippen LogP contribution is 2.13. The molecule has 0 aliphatic heterocycles. The van der Waals surface area contributed by atoms with Gasteiger partial charge in [0.15, 0.2) is 0 Å². The topological polar surface area (TPSA) is 81.9 Å². The molecule has 0 saturated carbocycles. The predicted octanol–water partition coefficient (Wildman–Crippen LogP) is 3.26. The number of hydrogen-bond donors (Lipinski definition) is 1.